The van der Waals surface area contributed by atoms with Crippen molar-refractivity contribution in [2.45, 2.75) is 49.7 Å². The molecule has 2 unspecified atom stereocenters. The van der Waals surface area contributed by atoms with E-state index in [2.05, 4.69) is 5.32 Å². The Morgan fingerprint density at radius 1 is 0.929 bits per heavy atom. The van der Waals surface area contributed by atoms with Crippen LogP contribution < -0.4 is 10.0 Å². The molecule has 2 aliphatic rings. The molecule has 6 nitrogen and oxygen atoms in total. The van der Waals surface area contributed by atoms with E-state index in [-0.39, 0.29) is 40.7 Å². The zero-order valence-electron chi connectivity index (χ0n) is 22.3. The minimum atomic E-state index is -5.36. The third-order valence-electron chi connectivity index (χ3n) is 7.48. The molecule has 224 valence electrons. The van der Waals surface area contributed by atoms with Gasteiger partial charge in [-0.05, 0) is 48.4 Å². The zero-order valence-corrected chi connectivity index (χ0v) is 23.1. The number of nitrogens with one attached hydrogen (secondary N) is 2. The first-order valence-corrected chi connectivity index (χ1v) is 14.5. The molecule has 1 fully saturated rings. The fraction of sp³-hybridized carbons (Fsp3) is 0.345. The highest BCUT2D eigenvalue weighted by atomic mass is 32.2. The van der Waals surface area contributed by atoms with Gasteiger partial charge in [0.1, 0.15) is 0 Å². The molecule has 0 aromatic heterocycles. The van der Waals surface area contributed by atoms with Gasteiger partial charge in [0, 0.05) is 40.9 Å². The molecule has 1 saturated heterocycles. The number of benzene rings is 3. The van der Waals surface area contributed by atoms with Crippen LogP contribution >= 0.6 is 0 Å². The number of carbonyl (C=O) groups is 1. The van der Waals surface area contributed by atoms with Crippen molar-refractivity contribution in [3.05, 3.63) is 88.5 Å². The minimum Gasteiger partial charge on any atom is -0.378 e. The van der Waals surface area contributed by atoms with Crippen LogP contribution in [0, 0.1) is 11.8 Å². The number of Topliss-reactive ketones (excluding diaryl/α,β-unsaturated/α-hetero) is 1. The molecule has 0 aliphatic carbocycles. The molecule has 42 heavy (non-hydrogen) atoms. The number of ketones is 1. The molecule has 2 N–H and O–H groups in total. The molecule has 5 rings (SSSR count). The smallest absolute Gasteiger partial charge is 0.378 e. The third kappa shape index (κ3) is 5.71. The Kier molecular flexibility index (Phi) is 7.55. The number of ether oxygens (including phenoxy) is 1. The summed E-state index contributed by atoms with van der Waals surface area (Å²) in [6.07, 6.45) is -10.5. The normalized spacial score (nSPS) is 20.5. The van der Waals surface area contributed by atoms with Crippen LogP contribution in [0.25, 0.3) is 0 Å². The Morgan fingerprint density at radius 2 is 1.60 bits per heavy atom. The van der Waals surface area contributed by atoms with E-state index in [0.717, 1.165) is 5.56 Å². The quantitative estimate of drug-likeness (QED) is 0.221. The number of hydrogen-bond acceptors (Lipinski definition) is 5. The zero-order chi connectivity index (χ0) is 30.6. The summed E-state index contributed by atoms with van der Waals surface area (Å²) in [6.45, 7) is 4.06. The first-order valence-electron chi connectivity index (χ1n) is 13.0. The van der Waals surface area contributed by atoms with E-state index in [4.69, 9.17) is 4.74 Å². The monoisotopic (exact) mass is 612 g/mol. The van der Waals surface area contributed by atoms with Crippen LogP contribution in [0.5, 0.6) is 0 Å². The summed E-state index contributed by atoms with van der Waals surface area (Å²) in [7, 11) is -4.49. The van der Waals surface area contributed by atoms with Crippen LogP contribution in [0.3, 0.4) is 0 Å². The van der Waals surface area contributed by atoms with Crippen LogP contribution in [0.4, 0.5) is 37.7 Å². The molecule has 0 spiro atoms. The van der Waals surface area contributed by atoms with E-state index in [9.17, 15) is 39.6 Å². The molecule has 0 radical (unpaired) electrons. The van der Waals surface area contributed by atoms with Gasteiger partial charge in [0.05, 0.1) is 28.2 Å². The molecular formula is C29H26F6N2O4S. The molecule has 13 heteroatoms. The number of anilines is 2. The summed E-state index contributed by atoms with van der Waals surface area (Å²) < 4.78 is 114. The molecule has 0 bridgehead atoms. The molecule has 2 heterocycles. The van der Waals surface area contributed by atoms with Gasteiger partial charge in [-0.2, -0.15) is 26.3 Å². The van der Waals surface area contributed by atoms with Gasteiger partial charge in [0.25, 0.3) is 10.0 Å². The van der Waals surface area contributed by atoms with Crippen molar-refractivity contribution in [1.29, 1.82) is 0 Å². The van der Waals surface area contributed by atoms with Crippen molar-refractivity contribution < 1.29 is 44.3 Å². The lowest BCUT2D eigenvalue weighted by atomic mass is 9.81. The Morgan fingerprint density at radius 3 is 2.21 bits per heavy atom. The van der Waals surface area contributed by atoms with Crippen LogP contribution in [0.1, 0.15) is 65.0 Å². The van der Waals surface area contributed by atoms with Gasteiger partial charge in [0.15, 0.2) is 5.78 Å². The lowest BCUT2D eigenvalue weighted by molar-refractivity contribution is -0.162. The Balaban J connectivity index is 1.43. The van der Waals surface area contributed by atoms with Gasteiger partial charge >= 0.3 is 12.4 Å². The highest BCUT2D eigenvalue weighted by molar-refractivity contribution is 7.92. The van der Waals surface area contributed by atoms with Gasteiger partial charge in [-0.15, -0.1) is 0 Å². The van der Waals surface area contributed by atoms with Gasteiger partial charge in [-0.3, -0.25) is 9.52 Å². The Hall–Kier alpha value is -3.58. The highest BCUT2D eigenvalue weighted by Crippen LogP contribution is 2.50. The van der Waals surface area contributed by atoms with Crippen molar-refractivity contribution in [2.24, 2.45) is 11.8 Å². The number of alkyl halides is 6. The van der Waals surface area contributed by atoms with Gasteiger partial charge in [-0.25, -0.2) is 8.42 Å². The number of rotatable bonds is 6. The standard InChI is InChI=1S/C29H26F6N2O4S/c1-15(2)26(38)17-5-3-16(4-6-17)25-20-11-12-41-27(20)21-14-19(8-10-24(21)36-25)42(39,40)37-18-7-9-22(28(30,31)32)23(13-18)29(33,34)35/h3-10,13-15,20,25,27,36-37H,11-12H2,1-2H3/t20?,25-,27?/m0/s1. The molecule has 0 saturated carbocycles. The van der Waals surface area contributed by atoms with Crippen molar-refractivity contribution in [2.75, 3.05) is 16.6 Å². The van der Waals surface area contributed by atoms with Crippen LogP contribution in [-0.4, -0.2) is 20.8 Å². The highest BCUT2D eigenvalue weighted by Gasteiger charge is 2.44. The maximum Gasteiger partial charge on any atom is 0.417 e. The van der Waals surface area contributed by atoms with Crippen LogP contribution in [0.15, 0.2) is 65.6 Å². The fourth-order valence-electron chi connectivity index (χ4n) is 5.44. The minimum absolute atomic E-state index is 0.0267. The summed E-state index contributed by atoms with van der Waals surface area (Å²) in [5, 5.41) is 3.42. The van der Waals surface area contributed by atoms with Crippen LogP contribution in [0.2, 0.25) is 0 Å². The fourth-order valence-corrected chi connectivity index (χ4v) is 6.52. The largest absolute Gasteiger partial charge is 0.417 e. The van der Waals surface area contributed by atoms with Gasteiger partial charge in [-0.1, -0.05) is 38.1 Å². The average Bonchev–Trinajstić information content (AvgIpc) is 3.41. The maximum atomic E-state index is 13.4. The summed E-state index contributed by atoms with van der Waals surface area (Å²) >= 11 is 0. The van der Waals surface area contributed by atoms with Crippen molar-refractivity contribution in [1.82, 2.24) is 0 Å². The summed E-state index contributed by atoms with van der Waals surface area (Å²) in [4.78, 5) is 12.0. The molecule has 3 aromatic carbocycles. The number of carbonyl (C=O) groups excluding carboxylic acids is 1. The first kappa shape index (κ1) is 29.9. The van der Waals surface area contributed by atoms with E-state index >= 15 is 0 Å². The topological polar surface area (TPSA) is 84.5 Å². The van der Waals surface area contributed by atoms with E-state index in [0.29, 0.717) is 35.9 Å². The second-order valence-electron chi connectivity index (χ2n) is 10.6. The van der Waals surface area contributed by atoms with Crippen LogP contribution in [-0.2, 0) is 27.1 Å². The predicted molar refractivity (Wildman–Crippen MR) is 142 cm³/mol. The second kappa shape index (κ2) is 10.6. The molecule has 0 amide bonds. The second-order valence-corrected chi connectivity index (χ2v) is 12.3. The molecule has 2 aliphatic heterocycles. The number of hydrogen-bond donors (Lipinski definition) is 2. The Bertz CT molecular complexity index is 1620. The van der Waals surface area contributed by atoms with Gasteiger partial charge < -0.3 is 10.1 Å². The predicted octanol–water partition coefficient (Wildman–Crippen LogP) is 7.61. The lowest BCUT2D eigenvalue weighted by Gasteiger charge is -2.36. The molecular weight excluding hydrogens is 586 g/mol. The Labute approximate surface area is 238 Å². The molecule has 3 aromatic rings. The lowest BCUT2D eigenvalue weighted by Crippen LogP contribution is -2.29. The SMILES string of the molecule is CC(C)C(=O)c1ccc([C@@H]2Nc3ccc(S(=O)(=O)Nc4ccc(C(F)(F)F)c(C(F)(F)F)c4)cc3C3OCCC32)cc1. The van der Waals surface area contributed by atoms with Crippen molar-refractivity contribution in [3.8, 4) is 0 Å². The number of sulfonamides is 1. The summed E-state index contributed by atoms with van der Waals surface area (Å²) in [5.74, 6) is -0.202. The average molecular weight is 613 g/mol. The van der Waals surface area contributed by atoms with Crippen molar-refractivity contribution in [3.63, 3.8) is 0 Å². The van der Waals surface area contributed by atoms with E-state index in [1.54, 1.807) is 12.1 Å². The summed E-state index contributed by atoms with van der Waals surface area (Å²) in [6, 6.07) is 12.2. The van der Waals surface area contributed by atoms with E-state index < -0.39 is 45.3 Å². The number of fused-ring (bicyclic) bond motifs is 3. The van der Waals surface area contributed by atoms with E-state index in [1.807, 2.05) is 30.7 Å². The van der Waals surface area contributed by atoms with Gasteiger partial charge in [0.2, 0.25) is 0 Å². The van der Waals surface area contributed by atoms with Crippen molar-refractivity contribution >= 4 is 27.2 Å². The third-order valence-corrected chi connectivity index (χ3v) is 8.86. The maximum absolute atomic E-state index is 13.4. The first-order chi connectivity index (χ1) is 19.6. The number of halogens is 6. The molecule has 3 atom stereocenters. The van der Waals surface area contributed by atoms with E-state index in [1.165, 1.54) is 18.2 Å². The summed E-state index contributed by atoms with van der Waals surface area (Å²) in [5.41, 5.74) is -1.94.